The van der Waals surface area contributed by atoms with Crippen molar-refractivity contribution in [2.75, 3.05) is 35.8 Å². The van der Waals surface area contributed by atoms with Gasteiger partial charge in [0, 0.05) is 32.4 Å². The summed E-state index contributed by atoms with van der Waals surface area (Å²) in [5, 5.41) is 7.11. The zero-order chi connectivity index (χ0) is 20.4. The maximum Gasteiger partial charge on any atom is 0.262 e. The standard InChI is InChI=1S/C20H23N5O3S/c1-14-20(15(2)28-23-14)24-29(26,27)18-5-3-16(4-6-18)17-7-8-22-19(13-17)25-11-9-21-10-12-25/h3-8,13,21,24H,9-12H2,1-2H3. The molecule has 8 nitrogen and oxygen atoms in total. The van der Waals surface area contributed by atoms with Gasteiger partial charge in [-0.2, -0.15) is 0 Å². The molecule has 0 bridgehead atoms. The van der Waals surface area contributed by atoms with Crippen molar-refractivity contribution in [3.63, 3.8) is 0 Å². The van der Waals surface area contributed by atoms with E-state index in [-0.39, 0.29) is 4.90 Å². The summed E-state index contributed by atoms with van der Waals surface area (Å²) >= 11 is 0. The summed E-state index contributed by atoms with van der Waals surface area (Å²) in [6.45, 7) is 7.08. The molecule has 2 N–H and O–H groups in total. The molecular formula is C20H23N5O3S. The second-order valence-electron chi connectivity index (χ2n) is 6.97. The molecule has 0 spiro atoms. The van der Waals surface area contributed by atoms with E-state index in [1.165, 1.54) is 0 Å². The summed E-state index contributed by atoms with van der Waals surface area (Å²) in [4.78, 5) is 6.90. The Hall–Kier alpha value is -2.91. The SMILES string of the molecule is Cc1noc(C)c1NS(=O)(=O)c1ccc(-c2ccnc(N3CCNCC3)c2)cc1. The molecule has 0 amide bonds. The summed E-state index contributed by atoms with van der Waals surface area (Å²) < 4.78 is 33.0. The van der Waals surface area contributed by atoms with Gasteiger partial charge in [-0.1, -0.05) is 17.3 Å². The molecule has 1 saturated heterocycles. The zero-order valence-electron chi connectivity index (χ0n) is 16.3. The molecule has 1 aromatic carbocycles. The minimum atomic E-state index is -3.73. The molecule has 1 aliphatic heterocycles. The number of anilines is 2. The van der Waals surface area contributed by atoms with Crippen LogP contribution in [0.4, 0.5) is 11.5 Å². The lowest BCUT2D eigenvalue weighted by atomic mass is 10.1. The van der Waals surface area contributed by atoms with Gasteiger partial charge in [0.2, 0.25) is 0 Å². The molecule has 1 fully saturated rings. The number of pyridine rings is 1. The van der Waals surface area contributed by atoms with E-state index < -0.39 is 10.0 Å². The molecule has 0 aliphatic carbocycles. The molecule has 0 radical (unpaired) electrons. The van der Waals surface area contributed by atoms with Crippen molar-refractivity contribution in [1.82, 2.24) is 15.5 Å². The van der Waals surface area contributed by atoms with Crippen LogP contribution in [0.15, 0.2) is 52.0 Å². The van der Waals surface area contributed by atoms with Crippen molar-refractivity contribution >= 4 is 21.5 Å². The van der Waals surface area contributed by atoms with Crippen LogP contribution in [-0.2, 0) is 10.0 Å². The molecule has 3 heterocycles. The van der Waals surface area contributed by atoms with Gasteiger partial charge < -0.3 is 14.7 Å². The molecule has 1 aliphatic rings. The number of nitrogens with zero attached hydrogens (tertiary/aromatic N) is 3. The number of nitrogens with one attached hydrogen (secondary N) is 2. The highest BCUT2D eigenvalue weighted by atomic mass is 32.2. The Kier molecular flexibility index (Phi) is 5.25. The Balaban J connectivity index is 1.56. The number of sulfonamides is 1. The van der Waals surface area contributed by atoms with Crippen LogP contribution in [0.3, 0.4) is 0 Å². The second kappa shape index (κ2) is 7.84. The van der Waals surface area contributed by atoms with Crippen LogP contribution in [0.1, 0.15) is 11.5 Å². The molecular weight excluding hydrogens is 390 g/mol. The van der Waals surface area contributed by atoms with E-state index in [9.17, 15) is 8.42 Å². The first-order chi connectivity index (χ1) is 13.9. The summed E-state index contributed by atoms with van der Waals surface area (Å²) in [5.41, 5.74) is 2.81. The van der Waals surface area contributed by atoms with Crippen LogP contribution < -0.4 is 14.9 Å². The van der Waals surface area contributed by atoms with Gasteiger partial charge in [-0.05, 0) is 49.2 Å². The van der Waals surface area contributed by atoms with Gasteiger partial charge >= 0.3 is 0 Å². The van der Waals surface area contributed by atoms with Crippen LogP contribution in [0.5, 0.6) is 0 Å². The predicted molar refractivity (Wildman–Crippen MR) is 112 cm³/mol. The van der Waals surface area contributed by atoms with Crippen molar-refractivity contribution < 1.29 is 12.9 Å². The maximum absolute atomic E-state index is 12.7. The van der Waals surface area contributed by atoms with Crippen LogP contribution in [0.2, 0.25) is 0 Å². The minimum Gasteiger partial charge on any atom is -0.359 e. The fourth-order valence-corrected chi connectivity index (χ4v) is 4.49. The fourth-order valence-electron chi connectivity index (χ4n) is 3.31. The summed E-state index contributed by atoms with van der Waals surface area (Å²) in [6, 6.07) is 10.8. The van der Waals surface area contributed by atoms with Crippen molar-refractivity contribution in [3.05, 3.63) is 54.0 Å². The predicted octanol–water partition coefficient (Wildman–Crippen LogP) is 2.56. The van der Waals surface area contributed by atoms with E-state index in [0.717, 1.165) is 43.1 Å². The van der Waals surface area contributed by atoms with Crippen molar-refractivity contribution in [2.24, 2.45) is 0 Å². The van der Waals surface area contributed by atoms with E-state index in [2.05, 4.69) is 25.1 Å². The Morgan fingerprint density at radius 1 is 1.07 bits per heavy atom. The third-order valence-corrected chi connectivity index (χ3v) is 6.32. The molecule has 29 heavy (non-hydrogen) atoms. The number of aryl methyl sites for hydroxylation is 2. The first-order valence-corrected chi connectivity index (χ1v) is 10.9. The molecule has 0 atom stereocenters. The summed E-state index contributed by atoms with van der Waals surface area (Å²) in [5.74, 6) is 1.36. The maximum atomic E-state index is 12.7. The Morgan fingerprint density at radius 3 is 2.45 bits per heavy atom. The molecule has 0 unspecified atom stereocenters. The Bertz CT molecular complexity index is 1080. The number of piperazine rings is 1. The van der Waals surface area contributed by atoms with Gasteiger partial charge in [0.1, 0.15) is 17.2 Å². The lowest BCUT2D eigenvalue weighted by molar-refractivity contribution is 0.393. The quantitative estimate of drug-likeness (QED) is 0.663. The normalized spacial score (nSPS) is 14.8. The third-order valence-electron chi connectivity index (χ3n) is 4.95. The van der Waals surface area contributed by atoms with Gasteiger partial charge in [0.25, 0.3) is 10.0 Å². The topological polar surface area (TPSA) is 100 Å². The number of hydrogen-bond acceptors (Lipinski definition) is 7. The number of aromatic nitrogens is 2. The van der Waals surface area contributed by atoms with Crippen molar-refractivity contribution in [1.29, 1.82) is 0 Å². The van der Waals surface area contributed by atoms with Gasteiger partial charge in [-0.3, -0.25) is 4.72 Å². The number of hydrogen-bond donors (Lipinski definition) is 2. The summed E-state index contributed by atoms with van der Waals surface area (Å²) in [7, 11) is -3.73. The lowest BCUT2D eigenvalue weighted by Crippen LogP contribution is -2.43. The van der Waals surface area contributed by atoms with Crippen LogP contribution >= 0.6 is 0 Å². The van der Waals surface area contributed by atoms with Crippen LogP contribution in [0, 0.1) is 13.8 Å². The second-order valence-corrected chi connectivity index (χ2v) is 8.65. The highest BCUT2D eigenvalue weighted by Gasteiger charge is 2.19. The van der Waals surface area contributed by atoms with E-state index in [1.54, 1.807) is 44.3 Å². The average Bonchev–Trinajstić information content (AvgIpc) is 3.06. The Labute approximate surface area is 170 Å². The van der Waals surface area contributed by atoms with E-state index in [4.69, 9.17) is 4.52 Å². The molecule has 2 aromatic heterocycles. The average molecular weight is 414 g/mol. The minimum absolute atomic E-state index is 0.178. The first kappa shape index (κ1) is 19.4. The lowest BCUT2D eigenvalue weighted by Gasteiger charge is -2.28. The van der Waals surface area contributed by atoms with E-state index >= 15 is 0 Å². The molecule has 9 heteroatoms. The van der Waals surface area contributed by atoms with E-state index in [0.29, 0.717) is 17.1 Å². The van der Waals surface area contributed by atoms with Crippen LogP contribution in [0.25, 0.3) is 11.1 Å². The monoisotopic (exact) mass is 413 g/mol. The first-order valence-electron chi connectivity index (χ1n) is 9.42. The highest BCUT2D eigenvalue weighted by molar-refractivity contribution is 7.92. The number of benzene rings is 1. The van der Waals surface area contributed by atoms with Gasteiger partial charge in [0.15, 0.2) is 5.76 Å². The van der Waals surface area contributed by atoms with Gasteiger partial charge in [-0.15, -0.1) is 0 Å². The van der Waals surface area contributed by atoms with Crippen molar-refractivity contribution in [2.45, 2.75) is 18.7 Å². The highest BCUT2D eigenvalue weighted by Crippen LogP contribution is 2.26. The molecule has 152 valence electrons. The largest absolute Gasteiger partial charge is 0.359 e. The molecule has 4 rings (SSSR count). The van der Waals surface area contributed by atoms with Crippen molar-refractivity contribution in [3.8, 4) is 11.1 Å². The fraction of sp³-hybridized carbons (Fsp3) is 0.300. The third kappa shape index (κ3) is 4.10. The summed E-state index contributed by atoms with van der Waals surface area (Å²) in [6.07, 6.45) is 1.79. The smallest absolute Gasteiger partial charge is 0.262 e. The number of rotatable bonds is 5. The van der Waals surface area contributed by atoms with Gasteiger partial charge in [-0.25, -0.2) is 13.4 Å². The van der Waals surface area contributed by atoms with Gasteiger partial charge in [0.05, 0.1) is 4.90 Å². The molecule has 0 saturated carbocycles. The zero-order valence-corrected chi connectivity index (χ0v) is 17.2. The Morgan fingerprint density at radius 2 is 1.79 bits per heavy atom. The molecule has 3 aromatic rings. The van der Waals surface area contributed by atoms with Crippen LogP contribution in [-0.4, -0.2) is 44.7 Å². The van der Waals surface area contributed by atoms with E-state index in [1.807, 2.05) is 12.1 Å².